The Morgan fingerprint density at radius 3 is 2.64 bits per heavy atom. The van der Waals surface area contributed by atoms with Gasteiger partial charge in [0.15, 0.2) is 6.04 Å². The number of aromatic nitrogens is 2. The van der Waals surface area contributed by atoms with Crippen molar-refractivity contribution in [3.05, 3.63) is 18.7 Å². The van der Waals surface area contributed by atoms with Gasteiger partial charge in [0.1, 0.15) is 12.4 Å². The Morgan fingerprint density at radius 1 is 1.64 bits per heavy atom. The Hall–Kier alpha value is -1.85. The summed E-state index contributed by atoms with van der Waals surface area (Å²) in [6, 6.07) is -1.16. The van der Waals surface area contributed by atoms with Crippen LogP contribution in [0, 0.1) is 0 Å². The van der Waals surface area contributed by atoms with Crippen LogP contribution in [0.15, 0.2) is 18.7 Å². The first-order valence-electron chi connectivity index (χ1n) is 3.96. The van der Waals surface area contributed by atoms with E-state index in [2.05, 4.69) is 0 Å². The molecule has 76 valence electrons. The van der Waals surface area contributed by atoms with Crippen LogP contribution in [-0.2, 0) is 16.6 Å². The molecular weight excluding hydrogens is 188 g/mol. The van der Waals surface area contributed by atoms with Crippen LogP contribution < -0.4 is 9.67 Å². The smallest absolute Gasteiger partial charge is 0.308 e. The van der Waals surface area contributed by atoms with Crippen molar-refractivity contribution >= 4 is 11.9 Å². The average Bonchev–Trinajstić information content (AvgIpc) is 2.46. The number of rotatable bonds is 4. The van der Waals surface area contributed by atoms with Gasteiger partial charge < -0.3 is 15.0 Å². The van der Waals surface area contributed by atoms with Crippen LogP contribution in [0.4, 0.5) is 0 Å². The standard InChI is InChI=1S/C8H10N2O4/c1-9-2-3-10(5-9)6(8(13)14)4-7(11)12/h2-3,5-6H,4H2,1H3,(H-,11,12,13,14)/t6-/m1/s1. The summed E-state index contributed by atoms with van der Waals surface area (Å²) >= 11 is 0. The molecule has 0 radical (unpaired) electrons. The molecule has 0 saturated heterocycles. The Labute approximate surface area is 80.0 Å². The summed E-state index contributed by atoms with van der Waals surface area (Å²) in [5.74, 6) is -2.57. The van der Waals surface area contributed by atoms with E-state index < -0.39 is 24.4 Å². The molecule has 1 atom stereocenters. The zero-order chi connectivity index (χ0) is 10.7. The molecule has 0 unspecified atom stereocenters. The topological polar surface area (TPSA) is 86.2 Å². The molecule has 1 aromatic heterocycles. The lowest BCUT2D eigenvalue weighted by atomic mass is 10.2. The van der Waals surface area contributed by atoms with Crippen molar-refractivity contribution in [2.75, 3.05) is 0 Å². The predicted octanol–water partition coefficient (Wildman–Crippen LogP) is -1.92. The second kappa shape index (κ2) is 3.91. The molecule has 6 nitrogen and oxygen atoms in total. The van der Waals surface area contributed by atoms with Crippen molar-refractivity contribution in [1.82, 2.24) is 4.57 Å². The van der Waals surface area contributed by atoms with Crippen molar-refractivity contribution in [3.63, 3.8) is 0 Å². The molecule has 1 heterocycles. The molecule has 0 amide bonds. The van der Waals surface area contributed by atoms with E-state index in [-0.39, 0.29) is 0 Å². The van der Waals surface area contributed by atoms with Crippen LogP contribution >= 0.6 is 0 Å². The number of hydrogen-bond donors (Lipinski definition) is 1. The number of carbonyl (C=O) groups excluding carboxylic acids is 1. The lowest BCUT2D eigenvalue weighted by molar-refractivity contribution is -0.671. The molecule has 6 heteroatoms. The Kier molecular flexibility index (Phi) is 2.85. The lowest BCUT2D eigenvalue weighted by Crippen LogP contribution is -2.35. The summed E-state index contributed by atoms with van der Waals surface area (Å²) < 4.78 is 2.92. The van der Waals surface area contributed by atoms with Gasteiger partial charge in [0.05, 0.1) is 19.4 Å². The summed E-state index contributed by atoms with van der Waals surface area (Å²) in [5.41, 5.74) is 0. The number of carbonyl (C=O) groups is 2. The maximum absolute atomic E-state index is 10.6. The zero-order valence-electron chi connectivity index (χ0n) is 7.58. The first-order valence-corrected chi connectivity index (χ1v) is 3.96. The minimum atomic E-state index is -1.40. The third kappa shape index (κ3) is 2.32. The summed E-state index contributed by atoms with van der Waals surface area (Å²) in [5, 5.41) is 19.1. The highest BCUT2D eigenvalue weighted by Crippen LogP contribution is 2.08. The van der Waals surface area contributed by atoms with Gasteiger partial charge in [-0.25, -0.2) is 9.13 Å². The maximum atomic E-state index is 10.6. The number of carboxylic acids is 2. The molecule has 0 fully saturated rings. The van der Waals surface area contributed by atoms with Crippen LogP contribution in [0.2, 0.25) is 0 Å². The van der Waals surface area contributed by atoms with Gasteiger partial charge in [0.25, 0.3) is 0 Å². The number of nitrogens with zero attached hydrogens (tertiary/aromatic N) is 2. The molecule has 1 rings (SSSR count). The summed E-state index contributed by atoms with van der Waals surface area (Å²) in [6.45, 7) is 0. The van der Waals surface area contributed by atoms with Gasteiger partial charge in [0.2, 0.25) is 6.33 Å². The normalized spacial score (nSPS) is 12.4. The van der Waals surface area contributed by atoms with E-state index >= 15 is 0 Å². The molecule has 0 saturated carbocycles. The number of imidazole rings is 1. The van der Waals surface area contributed by atoms with E-state index in [0.29, 0.717) is 0 Å². The summed E-state index contributed by atoms with van der Waals surface area (Å²) in [6.07, 6.45) is 4.11. The van der Waals surface area contributed by atoms with E-state index in [1.807, 2.05) is 0 Å². The average molecular weight is 198 g/mol. The Morgan fingerprint density at radius 2 is 2.29 bits per heavy atom. The second-order valence-electron chi connectivity index (χ2n) is 2.96. The quantitative estimate of drug-likeness (QED) is 0.571. The highest BCUT2D eigenvalue weighted by molar-refractivity contribution is 5.77. The molecular formula is C8H10N2O4. The Bertz CT molecular complexity index is 358. The molecule has 0 aromatic carbocycles. The van der Waals surface area contributed by atoms with Crippen LogP contribution in [0.25, 0.3) is 0 Å². The van der Waals surface area contributed by atoms with Crippen molar-refractivity contribution in [3.8, 4) is 0 Å². The number of aliphatic carboxylic acids is 2. The fourth-order valence-electron chi connectivity index (χ4n) is 1.13. The Balaban J connectivity index is 2.88. The van der Waals surface area contributed by atoms with E-state index in [1.54, 1.807) is 17.8 Å². The van der Waals surface area contributed by atoms with Gasteiger partial charge in [-0.2, -0.15) is 0 Å². The molecule has 0 aliphatic heterocycles. The molecule has 1 N–H and O–H groups in total. The maximum Gasteiger partial charge on any atom is 0.308 e. The molecule has 0 spiro atoms. The molecule has 0 aliphatic carbocycles. The first kappa shape index (κ1) is 10.2. The molecule has 0 bridgehead atoms. The van der Waals surface area contributed by atoms with Crippen molar-refractivity contribution in [1.29, 1.82) is 0 Å². The van der Waals surface area contributed by atoms with Gasteiger partial charge in [-0.3, -0.25) is 4.79 Å². The van der Waals surface area contributed by atoms with Crippen molar-refractivity contribution in [2.24, 2.45) is 7.05 Å². The fourth-order valence-corrected chi connectivity index (χ4v) is 1.13. The molecule has 0 aliphatic rings. The van der Waals surface area contributed by atoms with Gasteiger partial charge in [-0.1, -0.05) is 0 Å². The second-order valence-corrected chi connectivity index (χ2v) is 2.96. The molecule has 14 heavy (non-hydrogen) atoms. The highest BCUT2D eigenvalue weighted by Gasteiger charge is 2.20. The van der Waals surface area contributed by atoms with E-state index in [9.17, 15) is 14.7 Å². The molecule has 1 aromatic rings. The predicted molar refractivity (Wildman–Crippen MR) is 41.9 cm³/mol. The van der Waals surface area contributed by atoms with Gasteiger partial charge in [-0.15, -0.1) is 0 Å². The van der Waals surface area contributed by atoms with Crippen LogP contribution in [-0.4, -0.2) is 21.6 Å². The van der Waals surface area contributed by atoms with E-state index in [4.69, 9.17) is 5.11 Å². The van der Waals surface area contributed by atoms with Crippen LogP contribution in [0.3, 0.4) is 0 Å². The minimum absolute atomic E-state index is 0.489. The fraction of sp³-hybridized carbons (Fsp3) is 0.375. The first-order chi connectivity index (χ1) is 6.50. The summed E-state index contributed by atoms with van der Waals surface area (Å²) in [4.78, 5) is 21.0. The monoisotopic (exact) mass is 198 g/mol. The van der Waals surface area contributed by atoms with E-state index in [1.165, 1.54) is 17.1 Å². The lowest BCUT2D eigenvalue weighted by Gasteiger charge is -2.11. The minimum Gasteiger partial charge on any atom is -0.546 e. The number of hydrogen-bond acceptors (Lipinski definition) is 3. The number of carboxylic acid groups (broad SMARTS) is 2. The van der Waals surface area contributed by atoms with Gasteiger partial charge in [-0.05, 0) is 0 Å². The van der Waals surface area contributed by atoms with Crippen molar-refractivity contribution in [2.45, 2.75) is 12.5 Å². The largest absolute Gasteiger partial charge is 0.546 e. The van der Waals surface area contributed by atoms with Gasteiger partial charge >= 0.3 is 5.97 Å². The SMILES string of the molecule is C[n+]1ccn([C@H](CC(=O)O)C(=O)[O-])c1. The van der Waals surface area contributed by atoms with E-state index in [0.717, 1.165) is 0 Å². The van der Waals surface area contributed by atoms with Crippen LogP contribution in [0.5, 0.6) is 0 Å². The third-order valence-electron chi connectivity index (χ3n) is 1.79. The van der Waals surface area contributed by atoms with Gasteiger partial charge in [0, 0.05) is 0 Å². The number of aryl methyl sites for hydroxylation is 1. The highest BCUT2D eigenvalue weighted by atomic mass is 16.4. The summed E-state index contributed by atoms with van der Waals surface area (Å²) in [7, 11) is 1.71. The van der Waals surface area contributed by atoms with Crippen LogP contribution in [0.1, 0.15) is 12.5 Å². The zero-order valence-corrected chi connectivity index (χ0v) is 7.58. The third-order valence-corrected chi connectivity index (χ3v) is 1.79. The van der Waals surface area contributed by atoms with Crippen molar-refractivity contribution < 1.29 is 24.4 Å².